The molecule has 0 heterocycles. The molecule has 1 nitrogen and oxygen atoms in total. The normalized spacial score (nSPS) is 9.07. The van der Waals surface area contributed by atoms with Crippen molar-refractivity contribution >= 4 is 21.6 Å². The van der Waals surface area contributed by atoms with Crippen LogP contribution >= 0.6 is 15.9 Å². The standard InChI is InChI=1S/C11H11BrFN/c1-2-3-4-7-14-9-5-6-10(12)11(13)8-9/h5-6,8,14H,4,7H2,1H3. The van der Waals surface area contributed by atoms with Gasteiger partial charge in [-0.25, -0.2) is 4.39 Å². The molecule has 0 aliphatic heterocycles. The Kier molecular flexibility index (Phi) is 4.48. The monoisotopic (exact) mass is 255 g/mol. The van der Waals surface area contributed by atoms with Crippen molar-refractivity contribution in [2.24, 2.45) is 0 Å². The lowest BCUT2D eigenvalue weighted by atomic mass is 10.3. The fraction of sp³-hybridized carbons (Fsp3) is 0.273. The zero-order valence-electron chi connectivity index (χ0n) is 7.90. The molecule has 1 rings (SSSR count). The highest BCUT2D eigenvalue weighted by Crippen LogP contribution is 2.18. The topological polar surface area (TPSA) is 12.0 Å². The highest BCUT2D eigenvalue weighted by molar-refractivity contribution is 9.10. The third-order valence-electron chi connectivity index (χ3n) is 1.68. The van der Waals surface area contributed by atoms with Crippen LogP contribution in [0.25, 0.3) is 0 Å². The molecular weight excluding hydrogens is 245 g/mol. The Balaban J connectivity index is 2.50. The zero-order valence-corrected chi connectivity index (χ0v) is 9.49. The van der Waals surface area contributed by atoms with Gasteiger partial charge in [-0.2, -0.15) is 0 Å². The van der Waals surface area contributed by atoms with E-state index in [2.05, 4.69) is 33.1 Å². The van der Waals surface area contributed by atoms with Gasteiger partial charge in [0, 0.05) is 18.7 Å². The summed E-state index contributed by atoms with van der Waals surface area (Å²) < 4.78 is 13.5. The second-order valence-electron chi connectivity index (χ2n) is 2.73. The predicted octanol–water partition coefficient (Wildman–Crippen LogP) is 3.41. The minimum atomic E-state index is -0.253. The first-order chi connectivity index (χ1) is 6.74. The van der Waals surface area contributed by atoms with E-state index in [-0.39, 0.29) is 5.82 Å². The van der Waals surface area contributed by atoms with Gasteiger partial charge in [0.15, 0.2) is 0 Å². The Morgan fingerprint density at radius 3 is 2.93 bits per heavy atom. The molecule has 0 bridgehead atoms. The van der Waals surface area contributed by atoms with Crippen LogP contribution in [0, 0.1) is 17.7 Å². The minimum Gasteiger partial charge on any atom is -0.384 e. The smallest absolute Gasteiger partial charge is 0.139 e. The number of rotatable bonds is 3. The fourth-order valence-corrected chi connectivity index (χ4v) is 1.25. The molecule has 0 radical (unpaired) electrons. The molecule has 0 aromatic heterocycles. The SMILES string of the molecule is CC#CCCNc1ccc(Br)c(F)c1. The van der Waals surface area contributed by atoms with Gasteiger partial charge in [-0.1, -0.05) is 0 Å². The van der Waals surface area contributed by atoms with E-state index in [1.165, 1.54) is 6.07 Å². The average Bonchev–Trinajstić information content (AvgIpc) is 2.18. The predicted molar refractivity (Wildman–Crippen MR) is 60.7 cm³/mol. The molecular formula is C11H11BrFN. The highest BCUT2D eigenvalue weighted by atomic mass is 79.9. The number of hydrogen-bond donors (Lipinski definition) is 1. The summed E-state index contributed by atoms with van der Waals surface area (Å²) in [5.41, 5.74) is 0.781. The maximum Gasteiger partial charge on any atom is 0.139 e. The molecule has 14 heavy (non-hydrogen) atoms. The molecule has 0 spiro atoms. The third-order valence-corrected chi connectivity index (χ3v) is 2.32. The Morgan fingerprint density at radius 1 is 1.50 bits per heavy atom. The Hall–Kier alpha value is -1.01. The van der Waals surface area contributed by atoms with E-state index >= 15 is 0 Å². The molecule has 0 aliphatic carbocycles. The van der Waals surface area contributed by atoms with Gasteiger partial charge in [-0.05, 0) is 41.1 Å². The number of halogens is 2. The van der Waals surface area contributed by atoms with Gasteiger partial charge < -0.3 is 5.32 Å². The largest absolute Gasteiger partial charge is 0.384 e. The number of hydrogen-bond acceptors (Lipinski definition) is 1. The van der Waals surface area contributed by atoms with Crippen molar-refractivity contribution in [2.75, 3.05) is 11.9 Å². The van der Waals surface area contributed by atoms with Crippen LogP contribution in [0.5, 0.6) is 0 Å². The van der Waals surface area contributed by atoms with E-state index in [1.54, 1.807) is 13.0 Å². The second-order valence-corrected chi connectivity index (χ2v) is 3.59. The molecule has 0 saturated heterocycles. The Labute approximate surface area is 91.8 Å². The summed E-state index contributed by atoms with van der Waals surface area (Å²) in [4.78, 5) is 0. The summed E-state index contributed by atoms with van der Waals surface area (Å²) in [6, 6.07) is 4.97. The maximum atomic E-state index is 13.0. The molecule has 0 fully saturated rings. The van der Waals surface area contributed by atoms with Crippen molar-refractivity contribution in [1.29, 1.82) is 0 Å². The van der Waals surface area contributed by atoms with E-state index < -0.39 is 0 Å². The van der Waals surface area contributed by atoms with Gasteiger partial charge in [-0.15, -0.1) is 11.8 Å². The molecule has 0 aliphatic rings. The van der Waals surface area contributed by atoms with E-state index in [0.29, 0.717) is 4.47 Å². The minimum absolute atomic E-state index is 0.253. The quantitative estimate of drug-likeness (QED) is 0.645. The summed E-state index contributed by atoms with van der Waals surface area (Å²) in [6.45, 7) is 2.54. The summed E-state index contributed by atoms with van der Waals surface area (Å²) in [7, 11) is 0. The van der Waals surface area contributed by atoms with Gasteiger partial charge in [0.05, 0.1) is 4.47 Å². The first-order valence-electron chi connectivity index (χ1n) is 4.32. The van der Waals surface area contributed by atoms with Crippen LogP contribution in [0.3, 0.4) is 0 Å². The molecule has 1 aromatic carbocycles. The maximum absolute atomic E-state index is 13.0. The van der Waals surface area contributed by atoms with Crippen LogP contribution in [-0.2, 0) is 0 Å². The number of nitrogens with one attached hydrogen (secondary N) is 1. The zero-order chi connectivity index (χ0) is 10.4. The van der Waals surface area contributed by atoms with Crippen molar-refractivity contribution in [1.82, 2.24) is 0 Å². The van der Waals surface area contributed by atoms with E-state index in [4.69, 9.17) is 0 Å². The molecule has 0 unspecified atom stereocenters. The Bertz CT molecular complexity index is 365. The van der Waals surface area contributed by atoms with Gasteiger partial charge in [0.1, 0.15) is 5.82 Å². The van der Waals surface area contributed by atoms with Crippen molar-refractivity contribution in [2.45, 2.75) is 13.3 Å². The van der Waals surface area contributed by atoms with Gasteiger partial charge in [0.25, 0.3) is 0 Å². The fourth-order valence-electron chi connectivity index (χ4n) is 1.00. The summed E-state index contributed by atoms with van der Waals surface area (Å²) in [5.74, 6) is 5.48. The van der Waals surface area contributed by atoms with Gasteiger partial charge >= 0.3 is 0 Å². The van der Waals surface area contributed by atoms with Crippen LogP contribution in [0.2, 0.25) is 0 Å². The molecule has 3 heteroatoms. The highest BCUT2D eigenvalue weighted by Gasteiger charge is 1.98. The molecule has 0 amide bonds. The van der Waals surface area contributed by atoms with Crippen LogP contribution in [0.1, 0.15) is 13.3 Å². The Morgan fingerprint density at radius 2 is 2.29 bits per heavy atom. The van der Waals surface area contributed by atoms with E-state index in [0.717, 1.165) is 18.7 Å². The molecule has 0 atom stereocenters. The summed E-state index contributed by atoms with van der Waals surface area (Å²) in [6.07, 6.45) is 0.772. The van der Waals surface area contributed by atoms with Crippen molar-refractivity contribution < 1.29 is 4.39 Å². The van der Waals surface area contributed by atoms with Crippen molar-refractivity contribution in [3.05, 3.63) is 28.5 Å². The molecule has 1 aromatic rings. The first kappa shape index (κ1) is 11.1. The molecule has 74 valence electrons. The molecule has 0 saturated carbocycles. The van der Waals surface area contributed by atoms with Crippen molar-refractivity contribution in [3.63, 3.8) is 0 Å². The van der Waals surface area contributed by atoms with E-state index in [9.17, 15) is 4.39 Å². The second kappa shape index (κ2) is 5.66. The van der Waals surface area contributed by atoms with Crippen LogP contribution < -0.4 is 5.32 Å². The lowest BCUT2D eigenvalue weighted by Crippen LogP contribution is -2.00. The average molecular weight is 256 g/mol. The number of benzene rings is 1. The van der Waals surface area contributed by atoms with Crippen molar-refractivity contribution in [3.8, 4) is 11.8 Å². The molecule has 1 N–H and O–H groups in total. The summed E-state index contributed by atoms with van der Waals surface area (Å²) in [5, 5.41) is 3.08. The third kappa shape index (κ3) is 3.39. The summed E-state index contributed by atoms with van der Waals surface area (Å²) >= 11 is 3.10. The van der Waals surface area contributed by atoms with E-state index in [1.807, 2.05) is 6.07 Å². The van der Waals surface area contributed by atoms with Gasteiger partial charge in [-0.3, -0.25) is 0 Å². The first-order valence-corrected chi connectivity index (χ1v) is 5.12. The van der Waals surface area contributed by atoms with Crippen LogP contribution in [-0.4, -0.2) is 6.54 Å². The lowest BCUT2D eigenvalue weighted by Gasteiger charge is -2.04. The number of anilines is 1. The van der Waals surface area contributed by atoms with Crippen LogP contribution in [0.15, 0.2) is 22.7 Å². The van der Waals surface area contributed by atoms with Gasteiger partial charge in [0.2, 0.25) is 0 Å². The lowest BCUT2D eigenvalue weighted by molar-refractivity contribution is 0.621. The van der Waals surface area contributed by atoms with Crippen LogP contribution in [0.4, 0.5) is 10.1 Å².